The van der Waals surface area contributed by atoms with Crippen molar-refractivity contribution in [2.24, 2.45) is 17.8 Å². The minimum Gasteiger partial charge on any atom is -0.377 e. The van der Waals surface area contributed by atoms with Crippen molar-refractivity contribution in [1.82, 2.24) is 16.2 Å². The van der Waals surface area contributed by atoms with Crippen LogP contribution in [0.15, 0.2) is 0 Å². The molecule has 2 saturated heterocycles. The van der Waals surface area contributed by atoms with E-state index in [1.165, 1.54) is 58.0 Å². The lowest BCUT2D eigenvalue weighted by molar-refractivity contribution is -0.0462. The summed E-state index contributed by atoms with van der Waals surface area (Å²) in [5.41, 5.74) is 6.51. The lowest BCUT2D eigenvalue weighted by atomic mass is 9.71. The number of aliphatic hydroxyl groups excluding tert-OH is 1. The molecular weight excluding hydrogens is 226 g/mol. The Kier molecular flexibility index (Phi) is 4.19. The zero-order valence-corrected chi connectivity index (χ0v) is 11.2. The number of rotatable bonds is 2. The van der Waals surface area contributed by atoms with Crippen LogP contribution in [0.1, 0.15) is 44.9 Å². The molecule has 0 amide bonds. The van der Waals surface area contributed by atoms with Crippen molar-refractivity contribution in [3.05, 3.63) is 0 Å². The molecule has 104 valence electrons. The summed E-state index contributed by atoms with van der Waals surface area (Å²) in [6.07, 6.45) is 8.71. The molecule has 0 aromatic heterocycles. The molecule has 0 aromatic carbocycles. The summed E-state index contributed by atoms with van der Waals surface area (Å²) in [5.74, 6) is 2.03. The van der Waals surface area contributed by atoms with Crippen molar-refractivity contribution in [1.29, 1.82) is 0 Å². The zero-order valence-electron chi connectivity index (χ0n) is 11.2. The fourth-order valence-corrected chi connectivity index (χ4v) is 4.20. The first-order valence-corrected chi connectivity index (χ1v) is 7.74. The Balaban J connectivity index is 1.60. The lowest BCUT2D eigenvalue weighted by Gasteiger charge is -2.46. The summed E-state index contributed by atoms with van der Waals surface area (Å²) in [7, 11) is 0. The molecule has 2 heterocycles. The van der Waals surface area contributed by atoms with E-state index in [-0.39, 0.29) is 6.23 Å². The molecule has 4 unspecified atom stereocenters. The summed E-state index contributed by atoms with van der Waals surface area (Å²) in [6.45, 7) is 2.36. The Morgan fingerprint density at radius 1 is 0.889 bits per heavy atom. The van der Waals surface area contributed by atoms with Gasteiger partial charge in [0.1, 0.15) is 6.23 Å². The molecule has 4 atom stereocenters. The number of hydrogen-bond acceptors (Lipinski definition) is 4. The molecule has 4 N–H and O–H groups in total. The van der Waals surface area contributed by atoms with E-state index in [1.807, 2.05) is 0 Å². The second kappa shape index (κ2) is 5.87. The molecular formula is C14H27N3O. The van der Waals surface area contributed by atoms with Gasteiger partial charge in [0.2, 0.25) is 0 Å². The first kappa shape index (κ1) is 12.9. The molecule has 0 aromatic rings. The van der Waals surface area contributed by atoms with Gasteiger partial charge in [-0.1, -0.05) is 12.8 Å². The van der Waals surface area contributed by atoms with Crippen LogP contribution in [-0.4, -0.2) is 30.5 Å². The molecule has 3 rings (SSSR count). The SMILES string of the molecule is OC1NNC(CC2CCNCC2)C2CCCCC12. The molecule has 3 aliphatic rings. The smallest absolute Gasteiger partial charge is 0.120 e. The van der Waals surface area contributed by atoms with Crippen LogP contribution in [0.25, 0.3) is 0 Å². The number of piperidine rings is 1. The van der Waals surface area contributed by atoms with E-state index < -0.39 is 0 Å². The first-order chi connectivity index (χ1) is 8.84. The van der Waals surface area contributed by atoms with Crippen molar-refractivity contribution >= 4 is 0 Å². The average Bonchev–Trinajstić information content (AvgIpc) is 2.44. The second-order valence-corrected chi connectivity index (χ2v) is 6.38. The van der Waals surface area contributed by atoms with Crippen LogP contribution in [0.3, 0.4) is 0 Å². The maximum atomic E-state index is 10.0. The topological polar surface area (TPSA) is 56.3 Å². The molecule has 0 spiro atoms. The van der Waals surface area contributed by atoms with Crippen LogP contribution in [0, 0.1) is 17.8 Å². The summed E-state index contributed by atoms with van der Waals surface area (Å²) in [6, 6.07) is 0.571. The summed E-state index contributed by atoms with van der Waals surface area (Å²) >= 11 is 0. The van der Waals surface area contributed by atoms with Gasteiger partial charge in [0.25, 0.3) is 0 Å². The monoisotopic (exact) mass is 253 g/mol. The summed E-state index contributed by atoms with van der Waals surface area (Å²) in [4.78, 5) is 0. The standard InChI is InChI=1S/C14H27N3O/c18-14-12-4-2-1-3-11(12)13(16-17-14)9-10-5-7-15-8-6-10/h10-18H,1-9H2. The maximum absolute atomic E-state index is 10.0. The summed E-state index contributed by atoms with van der Waals surface area (Å²) in [5, 5.41) is 13.5. The lowest BCUT2D eigenvalue weighted by Crippen LogP contribution is -2.62. The van der Waals surface area contributed by atoms with Crippen LogP contribution in [0.4, 0.5) is 0 Å². The van der Waals surface area contributed by atoms with Crippen LogP contribution in [0.5, 0.6) is 0 Å². The Hall–Kier alpha value is -0.160. The summed E-state index contributed by atoms with van der Waals surface area (Å²) < 4.78 is 0. The van der Waals surface area contributed by atoms with Crippen molar-refractivity contribution in [3.63, 3.8) is 0 Å². The number of aliphatic hydroxyl groups is 1. The molecule has 4 heteroatoms. The van der Waals surface area contributed by atoms with Gasteiger partial charge >= 0.3 is 0 Å². The molecule has 0 radical (unpaired) electrons. The Morgan fingerprint density at radius 2 is 1.61 bits per heavy atom. The van der Waals surface area contributed by atoms with Crippen LogP contribution < -0.4 is 16.2 Å². The van der Waals surface area contributed by atoms with Gasteiger partial charge < -0.3 is 10.4 Å². The molecule has 0 bridgehead atoms. The molecule has 18 heavy (non-hydrogen) atoms. The van der Waals surface area contributed by atoms with Gasteiger partial charge in [-0.05, 0) is 57.0 Å². The minimum absolute atomic E-state index is 0.334. The largest absolute Gasteiger partial charge is 0.377 e. The third kappa shape index (κ3) is 2.72. The van der Waals surface area contributed by atoms with Crippen molar-refractivity contribution in [3.8, 4) is 0 Å². The van der Waals surface area contributed by atoms with E-state index in [9.17, 15) is 5.11 Å². The molecule has 1 saturated carbocycles. The van der Waals surface area contributed by atoms with Crippen molar-refractivity contribution in [2.75, 3.05) is 13.1 Å². The molecule has 3 fully saturated rings. The molecule has 4 nitrogen and oxygen atoms in total. The fourth-order valence-electron chi connectivity index (χ4n) is 4.20. The number of nitrogens with one attached hydrogen (secondary N) is 3. The van der Waals surface area contributed by atoms with E-state index >= 15 is 0 Å². The third-order valence-corrected chi connectivity index (χ3v) is 5.26. The van der Waals surface area contributed by atoms with Crippen LogP contribution >= 0.6 is 0 Å². The predicted octanol–water partition coefficient (Wildman–Crippen LogP) is 0.977. The second-order valence-electron chi connectivity index (χ2n) is 6.38. The molecule has 2 aliphatic heterocycles. The quantitative estimate of drug-likeness (QED) is 0.592. The number of fused-ring (bicyclic) bond motifs is 1. The van der Waals surface area contributed by atoms with Gasteiger partial charge in [-0.15, -0.1) is 0 Å². The van der Waals surface area contributed by atoms with E-state index in [2.05, 4.69) is 16.2 Å². The predicted molar refractivity (Wildman–Crippen MR) is 71.7 cm³/mol. The number of hydrazine groups is 1. The van der Waals surface area contributed by atoms with E-state index in [4.69, 9.17) is 0 Å². The van der Waals surface area contributed by atoms with Crippen LogP contribution in [-0.2, 0) is 0 Å². The fraction of sp³-hybridized carbons (Fsp3) is 1.00. The van der Waals surface area contributed by atoms with Gasteiger partial charge in [-0.2, -0.15) is 0 Å². The van der Waals surface area contributed by atoms with E-state index in [0.717, 1.165) is 5.92 Å². The highest BCUT2D eigenvalue weighted by molar-refractivity contribution is 4.92. The zero-order chi connectivity index (χ0) is 12.4. The average molecular weight is 253 g/mol. The van der Waals surface area contributed by atoms with Crippen molar-refractivity contribution in [2.45, 2.75) is 57.2 Å². The number of hydrogen-bond donors (Lipinski definition) is 4. The normalized spacial score (nSPS) is 42.5. The van der Waals surface area contributed by atoms with Gasteiger partial charge in [0, 0.05) is 12.0 Å². The highest BCUT2D eigenvalue weighted by atomic mass is 16.3. The first-order valence-electron chi connectivity index (χ1n) is 7.74. The molecule has 1 aliphatic carbocycles. The highest BCUT2D eigenvalue weighted by Crippen LogP contribution is 2.38. The Morgan fingerprint density at radius 3 is 2.39 bits per heavy atom. The minimum atomic E-state index is -0.334. The van der Waals surface area contributed by atoms with Crippen LogP contribution in [0.2, 0.25) is 0 Å². The Labute approximate surface area is 110 Å². The van der Waals surface area contributed by atoms with Gasteiger partial charge in [0.15, 0.2) is 0 Å². The Bertz CT molecular complexity index is 268. The van der Waals surface area contributed by atoms with E-state index in [0.29, 0.717) is 17.9 Å². The van der Waals surface area contributed by atoms with Gasteiger partial charge in [0.05, 0.1) is 0 Å². The third-order valence-electron chi connectivity index (χ3n) is 5.26. The van der Waals surface area contributed by atoms with Crippen molar-refractivity contribution < 1.29 is 5.11 Å². The van der Waals surface area contributed by atoms with E-state index in [1.54, 1.807) is 0 Å². The van der Waals surface area contributed by atoms with Gasteiger partial charge in [-0.3, -0.25) is 5.43 Å². The van der Waals surface area contributed by atoms with Gasteiger partial charge in [-0.25, -0.2) is 5.43 Å². The maximum Gasteiger partial charge on any atom is 0.120 e. The highest BCUT2D eigenvalue weighted by Gasteiger charge is 2.40.